The zero-order valence-corrected chi connectivity index (χ0v) is 14.5. The van der Waals surface area contributed by atoms with Crippen LogP contribution < -0.4 is 4.90 Å². The summed E-state index contributed by atoms with van der Waals surface area (Å²) < 4.78 is 0. The van der Waals surface area contributed by atoms with Gasteiger partial charge in [-0.15, -0.1) is 0 Å². The molecule has 0 radical (unpaired) electrons. The molecule has 0 amide bonds. The lowest BCUT2D eigenvalue weighted by atomic mass is 9.62. The second-order valence-electron chi connectivity index (χ2n) is 7.97. The summed E-state index contributed by atoms with van der Waals surface area (Å²) in [4.78, 5) is 14.1. The van der Waals surface area contributed by atoms with E-state index in [0.29, 0.717) is 5.92 Å². The fourth-order valence-corrected chi connectivity index (χ4v) is 3.68. The molecule has 0 unspecified atom stereocenters. The molecule has 0 aliphatic heterocycles. The average molecular weight is 303 g/mol. The zero-order valence-electron chi connectivity index (χ0n) is 14.5. The first kappa shape index (κ1) is 16.9. The van der Waals surface area contributed by atoms with E-state index >= 15 is 0 Å². The maximum atomic E-state index is 12.0. The van der Waals surface area contributed by atoms with Gasteiger partial charge < -0.3 is 10.0 Å². The van der Waals surface area contributed by atoms with Crippen LogP contribution in [0.15, 0.2) is 24.3 Å². The number of carboxylic acid groups (broad SMARTS) is 1. The van der Waals surface area contributed by atoms with Gasteiger partial charge in [-0.1, -0.05) is 32.9 Å². The van der Waals surface area contributed by atoms with E-state index in [1.165, 1.54) is 0 Å². The summed E-state index contributed by atoms with van der Waals surface area (Å²) in [6.07, 6.45) is 3.47. The van der Waals surface area contributed by atoms with E-state index in [4.69, 9.17) is 0 Å². The van der Waals surface area contributed by atoms with E-state index in [2.05, 4.69) is 20.8 Å². The van der Waals surface area contributed by atoms with Crippen LogP contribution in [0.25, 0.3) is 0 Å². The van der Waals surface area contributed by atoms with Crippen LogP contribution in [-0.2, 0) is 10.2 Å². The molecule has 0 aromatic heterocycles. The highest BCUT2D eigenvalue weighted by atomic mass is 16.4. The van der Waals surface area contributed by atoms with Crippen molar-refractivity contribution in [1.82, 2.24) is 0 Å². The Bertz CT molecular complexity index is 517. The van der Waals surface area contributed by atoms with Crippen LogP contribution >= 0.6 is 0 Å². The Morgan fingerprint density at radius 1 is 1.14 bits per heavy atom. The molecule has 1 N–H and O–H groups in total. The predicted octanol–water partition coefficient (Wildman–Crippen LogP) is 4.31. The van der Waals surface area contributed by atoms with Crippen molar-refractivity contribution in [2.45, 2.75) is 51.9 Å². The molecule has 3 heteroatoms. The molecule has 0 spiro atoms. The summed E-state index contributed by atoms with van der Waals surface area (Å²) in [5.41, 5.74) is 1.62. The molecular formula is C19H29NO2. The second kappa shape index (κ2) is 5.94. The van der Waals surface area contributed by atoms with E-state index < -0.39 is 11.4 Å². The Kier molecular flexibility index (Phi) is 4.55. The Labute approximate surface area is 134 Å². The molecule has 1 saturated carbocycles. The van der Waals surface area contributed by atoms with Gasteiger partial charge in [-0.3, -0.25) is 4.79 Å². The molecule has 2 rings (SSSR count). The number of nitrogens with zero attached hydrogens (tertiary/aromatic N) is 1. The molecule has 3 nitrogen and oxygen atoms in total. The van der Waals surface area contributed by atoms with Crippen molar-refractivity contribution in [3.05, 3.63) is 29.8 Å². The number of aliphatic carboxylic acids is 1. The first-order valence-electron chi connectivity index (χ1n) is 8.18. The van der Waals surface area contributed by atoms with Crippen molar-refractivity contribution in [2.75, 3.05) is 19.0 Å². The summed E-state index contributed by atoms with van der Waals surface area (Å²) in [7, 11) is 3.99. The Morgan fingerprint density at radius 2 is 1.64 bits per heavy atom. The third-order valence-corrected chi connectivity index (χ3v) is 5.41. The molecule has 0 bridgehead atoms. The van der Waals surface area contributed by atoms with E-state index in [1.54, 1.807) is 0 Å². The van der Waals surface area contributed by atoms with Gasteiger partial charge in [0.2, 0.25) is 0 Å². The van der Waals surface area contributed by atoms with E-state index in [-0.39, 0.29) is 5.41 Å². The highest BCUT2D eigenvalue weighted by Gasteiger charge is 2.45. The molecule has 122 valence electrons. The molecule has 1 aliphatic carbocycles. The summed E-state index contributed by atoms with van der Waals surface area (Å²) in [6, 6.07) is 8.05. The fourth-order valence-electron chi connectivity index (χ4n) is 3.68. The number of carboxylic acids is 1. The Morgan fingerprint density at radius 3 is 2.00 bits per heavy atom. The number of rotatable bonds is 3. The summed E-state index contributed by atoms with van der Waals surface area (Å²) in [5.74, 6) is -0.0570. The molecule has 1 aliphatic rings. The molecule has 22 heavy (non-hydrogen) atoms. The second-order valence-corrected chi connectivity index (χ2v) is 7.97. The average Bonchev–Trinajstić information content (AvgIpc) is 2.46. The van der Waals surface area contributed by atoms with Crippen molar-refractivity contribution >= 4 is 11.7 Å². The fraction of sp³-hybridized carbons (Fsp3) is 0.632. The van der Waals surface area contributed by atoms with Crippen LogP contribution in [-0.4, -0.2) is 25.2 Å². The maximum Gasteiger partial charge on any atom is 0.314 e. The zero-order chi connectivity index (χ0) is 16.5. The number of carbonyl (C=O) groups is 1. The van der Waals surface area contributed by atoms with Gasteiger partial charge in [0.15, 0.2) is 0 Å². The van der Waals surface area contributed by atoms with Crippen LogP contribution in [0.5, 0.6) is 0 Å². The first-order chi connectivity index (χ1) is 10.2. The molecule has 0 heterocycles. The summed E-state index contributed by atoms with van der Waals surface area (Å²) in [6.45, 7) is 6.78. The van der Waals surface area contributed by atoms with Gasteiger partial charge in [0.1, 0.15) is 0 Å². The highest BCUT2D eigenvalue weighted by Crippen LogP contribution is 2.47. The SMILES string of the molecule is CN(C)c1ccc(C2(C(=O)O)CCC(C(C)(C)C)CC2)cc1. The lowest BCUT2D eigenvalue weighted by Gasteiger charge is -2.42. The van der Waals surface area contributed by atoms with Gasteiger partial charge in [0.05, 0.1) is 5.41 Å². The number of benzene rings is 1. The third-order valence-electron chi connectivity index (χ3n) is 5.41. The topological polar surface area (TPSA) is 40.5 Å². The first-order valence-corrected chi connectivity index (χ1v) is 8.18. The van der Waals surface area contributed by atoms with Crippen molar-refractivity contribution in [1.29, 1.82) is 0 Å². The number of hydrogen-bond donors (Lipinski definition) is 1. The van der Waals surface area contributed by atoms with E-state index in [0.717, 1.165) is 36.9 Å². The van der Waals surface area contributed by atoms with Crippen LogP contribution in [0, 0.1) is 11.3 Å². The van der Waals surface area contributed by atoms with E-state index in [9.17, 15) is 9.90 Å². The lowest BCUT2D eigenvalue weighted by Crippen LogP contribution is -2.41. The third kappa shape index (κ3) is 3.13. The quantitative estimate of drug-likeness (QED) is 0.904. The minimum absolute atomic E-state index is 0.263. The van der Waals surface area contributed by atoms with Gasteiger partial charge in [0, 0.05) is 19.8 Å². The Hall–Kier alpha value is -1.51. The molecule has 0 atom stereocenters. The molecule has 0 saturated heterocycles. The van der Waals surface area contributed by atoms with E-state index in [1.807, 2.05) is 43.3 Å². The lowest BCUT2D eigenvalue weighted by molar-refractivity contribution is -0.146. The summed E-state index contributed by atoms with van der Waals surface area (Å²) >= 11 is 0. The van der Waals surface area contributed by atoms with Crippen LogP contribution in [0.2, 0.25) is 0 Å². The minimum atomic E-state index is -0.702. The number of anilines is 1. The monoisotopic (exact) mass is 303 g/mol. The minimum Gasteiger partial charge on any atom is -0.481 e. The molecular weight excluding hydrogens is 274 g/mol. The Balaban J connectivity index is 2.26. The summed E-state index contributed by atoms with van der Waals surface area (Å²) in [5, 5.41) is 9.90. The predicted molar refractivity (Wildman–Crippen MR) is 91.5 cm³/mol. The number of hydrogen-bond acceptors (Lipinski definition) is 2. The van der Waals surface area contributed by atoms with Gasteiger partial charge in [-0.05, 0) is 54.7 Å². The maximum absolute atomic E-state index is 12.0. The van der Waals surface area contributed by atoms with Crippen molar-refractivity contribution in [2.24, 2.45) is 11.3 Å². The van der Waals surface area contributed by atoms with Crippen molar-refractivity contribution in [3.63, 3.8) is 0 Å². The van der Waals surface area contributed by atoms with Crippen LogP contribution in [0.4, 0.5) is 5.69 Å². The standard InChI is InChI=1S/C19H29NO2/c1-18(2,3)14-10-12-19(13-11-14,17(21)22)15-6-8-16(9-7-15)20(4)5/h6-9,14H,10-13H2,1-5H3,(H,21,22). The van der Waals surface area contributed by atoms with Gasteiger partial charge in [0.25, 0.3) is 0 Å². The molecule has 1 aromatic carbocycles. The van der Waals surface area contributed by atoms with Gasteiger partial charge in [-0.2, -0.15) is 0 Å². The van der Waals surface area contributed by atoms with Crippen LogP contribution in [0.3, 0.4) is 0 Å². The normalized spacial score (nSPS) is 25.8. The van der Waals surface area contributed by atoms with Gasteiger partial charge in [-0.25, -0.2) is 0 Å². The van der Waals surface area contributed by atoms with Crippen molar-refractivity contribution < 1.29 is 9.90 Å². The van der Waals surface area contributed by atoms with Gasteiger partial charge >= 0.3 is 5.97 Å². The van der Waals surface area contributed by atoms with Crippen LogP contribution in [0.1, 0.15) is 52.0 Å². The smallest absolute Gasteiger partial charge is 0.314 e. The largest absolute Gasteiger partial charge is 0.481 e. The molecule has 1 aromatic rings. The molecule has 1 fully saturated rings. The highest BCUT2D eigenvalue weighted by molar-refractivity contribution is 5.81. The van der Waals surface area contributed by atoms with Crippen molar-refractivity contribution in [3.8, 4) is 0 Å².